The molecule has 1 atom stereocenters. The van der Waals surface area contributed by atoms with Crippen molar-refractivity contribution in [3.05, 3.63) is 34.4 Å². The van der Waals surface area contributed by atoms with Crippen LogP contribution < -0.4 is 10.1 Å². The van der Waals surface area contributed by atoms with Gasteiger partial charge in [0.15, 0.2) is 18.5 Å². The minimum atomic E-state index is -0.940. The maximum absolute atomic E-state index is 12.7. The van der Waals surface area contributed by atoms with Crippen molar-refractivity contribution in [3.8, 4) is 5.75 Å². The number of benzene rings is 1. The minimum absolute atomic E-state index is 0.0138. The summed E-state index contributed by atoms with van der Waals surface area (Å²) in [6.07, 6.45) is 5.96. The van der Waals surface area contributed by atoms with Crippen molar-refractivity contribution < 1.29 is 24.0 Å². The molecule has 0 unspecified atom stereocenters. The van der Waals surface area contributed by atoms with Crippen LogP contribution >= 0.6 is 0 Å². The lowest BCUT2D eigenvalue weighted by molar-refractivity contribution is -0.385. The van der Waals surface area contributed by atoms with E-state index >= 15 is 0 Å². The van der Waals surface area contributed by atoms with Gasteiger partial charge < -0.3 is 14.8 Å². The van der Waals surface area contributed by atoms with Gasteiger partial charge in [0.2, 0.25) is 0 Å². The highest BCUT2D eigenvalue weighted by Gasteiger charge is 2.51. The normalized spacial score (nSPS) is 30.4. The first-order chi connectivity index (χ1) is 13.8. The number of esters is 1. The first-order valence-electron chi connectivity index (χ1n) is 10.2. The van der Waals surface area contributed by atoms with Gasteiger partial charge in [0.05, 0.1) is 4.92 Å². The number of carbonyl (C=O) groups is 2. The van der Waals surface area contributed by atoms with Gasteiger partial charge in [-0.1, -0.05) is 12.1 Å². The third kappa shape index (κ3) is 4.21. The molecule has 0 saturated heterocycles. The van der Waals surface area contributed by atoms with Crippen LogP contribution in [0.15, 0.2) is 24.3 Å². The van der Waals surface area contributed by atoms with E-state index in [0.717, 1.165) is 19.3 Å². The lowest BCUT2D eigenvalue weighted by Gasteiger charge is -2.57. The van der Waals surface area contributed by atoms with Crippen molar-refractivity contribution in [2.24, 2.45) is 17.8 Å². The highest BCUT2D eigenvalue weighted by molar-refractivity contribution is 5.84. The van der Waals surface area contributed by atoms with Gasteiger partial charge in [-0.25, -0.2) is 4.79 Å². The van der Waals surface area contributed by atoms with Crippen LogP contribution in [0.5, 0.6) is 5.75 Å². The van der Waals surface area contributed by atoms with Gasteiger partial charge in [0.25, 0.3) is 5.91 Å². The Morgan fingerprint density at radius 3 is 2.34 bits per heavy atom. The number of nitro benzene ring substituents is 1. The molecule has 0 heterocycles. The lowest BCUT2D eigenvalue weighted by Crippen LogP contribution is -2.61. The van der Waals surface area contributed by atoms with Crippen LogP contribution in [0.1, 0.15) is 45.4 Å². The smallest absolute Gasteiger partial charge is 0.344 e. The molecule has 1 aromatic rings. The molecule has 1 amide bonds. The van der Waals surface area contributed by atoms with E-state index in [4.69, 9.17) is 9.47 Å². The maximum Gasteiger partial charge on any atom is 0.344 e. The van der Waals surface area contributed by atoms with Crippen LogP contribution in [0.2, 0.25) is 0 Å². The number of amides is 1. The lowest BCUT2D eigenvalue weighted by atomic mass is 9.53. The summed E-state index contributed by atoms with van der Waals surface area (Å²) in [7, 11) is 0. The molecule has 4 bridgehead atoms. The molecule has 4 aliphatic carbocycles. The van der Waals surface area contributed by atoms with E-state index in [0.29, 0.717) is 17.8 Å². The Morgan fingerprint density at radius 1 is 1.17 bits per heavy atom. The fourth-order valence-electron chi connectivity index (χ4n) is 5.78. The van der Waals surface area contributed by atoms with Crippen molar-refractivity contribution >= 4 is 17.6 Å². The number of ether oxygens (including phenoxy) is 2. The molecule has 4 fully saturated rings. The van der Waals surface area contributed by atoms with Gasteiger partial charge in [-0.15, -0.1) is 0 Å². The number of hydrogen-bond acceptors (Lipinski definition) is 6. The number of nitro groups is 1. The number of nitrogens with one attached hydrogen (secondary N) is 1. The average Bonchev–Trinajstić information content (AvgIpc) is 2.65. The van der Waals surface area contributed by atoms with E-state index in [1.807, 2.05) is 0 Å². The molecular weight excluding hydrogens is 376 g/mol. The molecule has 8 nitrogen and oxygen atoms in total. The zero-order valence-corrected chi connectivity index (χ0v) is 16.5. The summed E-state index contributed by atoms with van der Waals surface area (Å²) >= 11 is 0. The van der Waals surface area contributed by atoms with Crippen LogP contribution in [-0.4, -0.2) is 35.0 Å². The van der Waals surface area contributed by atoms with Gasteiger partial charge in [-0.2, -0.15) is 0 Å². The first-order valence-corrected chi connectivity index (χ1v) is 10.2. The second kappa shape index (κ2) is 7.65. The summed E-state index contributed by atoms with van der Waals surface area (Å²) in [4.78, 5) is 35.2. The maximum atomic E-state index is 12.7. The molecule has 1 N–H and O–H groups in total. The number of rotatable bonds is 7. The zero-order chi connectivity index (χ0) is 20.6. The molecule has 0 aromatic heterocycles. The first kappa shape index (κ1) is 19.7. The standard InChI is InChI=1S/C21H26N2O6/c1-13(29-19(24)12-28-18-5-3-2-4-17(18)23(26)27)20(25)22-21-9-14-6-15(10-21)8-16(7-14)11-21/h2-5,13-16H,6-12H2,1H3,(H,22,25)/t13-,14?,15?,16?,21?/m0/s1. The van der Waals surface area contributed by atoms with E-state index in [1.54, 1.807) is 13.0 Å². The molecule has 156 valence electrons. The molecule has 0 aliphatic heterocycles. The molecule has 8 heteroatoms. The van der Waals surface area contributed by atoms with Crippen LogP contribution in [0.4, 0.5) is 5.69 Å². The van der Waals surface area contributed by atoms with Crippen molar-refractivity contribution in [2.45, 2.75) is 57.1 Å². The molecule has 4 saturated carbocycles. The Hall–Kier alpha value is -2.64. The second-order valence-electron chi connectivity index (χ2n) is 8.83. The van der Waals surface area contributed by atoms with E-state index in [9.17, 15) is 19.7 Å². The fourth-order valence-corrected chi connectivity index (χ4v) is 5.78. The SMILES string of the molecule is C[C@H](OC(=O)COc1ccccc1[N+](=O)[O-])C(=O)NC12CC3CC(CC(C3)C1)C2. The van der Waals surface area contributed by atoms with Crippen molar-refractivity contribution in [1.29, 1.82) is 0 Å². The molecule has 1 aromatic carbocycles. The number of para-hydroxylation sites is 2. The third-order valence-electron chi connectivity index (χ3n) is 6.51. The third-order valence-corrected chi connectivity index (χ3v) is 6.51. The van der Waals surface area contributed by atoms with E-state index in [-0.39, 0.29) is 22.9 Å². The average molecular weight is 402 g/mol. The number of nitrogens with zero attached hydrogens (tertiary/aromatic N) is 1. The quantitative estimate of drug-likeness (QED) is 0.427. The minimum Gasteiger partial charge on any atom is -0.475 e. The predicted octanol–water partition coefficient (Wildman–Crippen LogP) is 2.99. The molecule has 0 radical (unpaired) electrons. The van der Waals surface area contributed by atoms with E-state index in [1.165, 1.54) is 37.5 Å². The molecule has 5 rings (SSSR count). The van der Waals surface area contributed by atoms with Gasteiger partial charge in [-0.3, -0.25) is 14.9 Å². The zero-order valence-electron chi connectivity index (χ0n) is 16.5. The van der Waals surface area contributed by atoms with Crippen LogP contribution in [0, 0.1) is 27.9 Å². The van der Waals surface area contributed by atoms with E-state index in [2.05, 4.69) is 5.32 Å². The highest BCUT2D eigenvalue weighted by atomic mass is 16.6. The summed E-state index contributed by atoms with van der Waals surface area (Å²) in [6, 6.07) is 5.80. The molecule has 0 spiro atoms. The summed E-state index contributed by atoms with van der Waals surface area (Å²) < 4.78 is 10.4. The largest absolute Gasteiger partial charge is 0.475 e. The van der Waals surface area contributed by atoms with Gasteiger partial charge in [-0.05, 0) is 69.3 Å². The molecule has 29 heavy (non-hydrogen) atoms. The summed E-state index contributed by atoms with van der Waals surface area (Å²) in [6.45, 7) is 1.04. The summed E-state index contributed by atoms with van der Waals surface area (Å²) in [5.74, 6) is 1.07. The van der Waals surface area contributed by atoms with Gasteiger partial charge in [0.1, 0.15) is 0 Å². The van der Waals surface area contributed by atoms with Crippen LogP contribution in [-0.2, 0) is 14.3 Å². The van der Waals surface area contributed by atoms with Crippen molar-refractivity contribution in [1.82, 2.24) is 5.32 Å². The van der Waals surface area contributed by atoms with E-state index < -0.39 is 23.6 Å². The van der Waals surface area contributed by atoms with Gasteiger partial charge in [0, 0.05) is 11.6 Å². The number of carbonyl (C=O) groups excluding carboxylic acids is 2. The summed E-state index contributed by atoms with van der Waals surface area (Å²) in [5.41, 5.74) is -0.374. The Morgan fingerprint density at radius 2 is 1.76 bits per heavy atom. The van der Waals surface area contributed by atoms with Crippen molar-refractivity contribution in [2.75, 3.05) is 6.61 Å². The van der Waals surface area contributed by atoms with Gasteiger partial charge >= 0.3 is 11.7 Å². The number of hydrogen-bond donors (Lipinski definition) is 1. The Balaban J connectivity index is 1.29. The second-order valence-corrected chi connectivity index (χ2v) is 8.83. The molecular formula is C21H26N2O6. The predicted molar refractivity (Wildman–Crippen MR) is 103 cm³/mol. The van der Waals surface area contributed by atoms with Crippen LogP contribution in [0.25, 0.3) is 0 Å². The monoisotopic (exact) mass is 402 g/mol. The Labute approximate surface area is 169 Å². The fraction of sp³-hybridized carbons (Fsp3) is 0.619. The Kier molecular flexibility index (Phi) is 5.19. The van der Waals surface area contributed by atoms with Crippen LogP contribution in [0.3, 0.4) is 0 Å². The van der Waals surface area contributed by atoms with Crippen molar-refractivity contribution in [3.63, 3.8) is 0 Å². The Bertz CT molecular complexity index is 788. The summed E-state index contributed by atoms with van der Waals surface area (Å²) in [5, 5.41) is 14.2. The highest BCUT2D eigenvalue weighted by Crippen LogP contribution is 2.55. The molecule has 4 aliphatic rings. The topological polar surface area (TPSA) is 108 Å².